The fourth-order valence-electron chi connectivity index (χ4n) is 3.47. The number of amides is 2. The Balaban J connectivity index is 2.05. The molecule has 2 amide bonds. The predicted octanol–water partition coefficient (Wildman–Crippen LogP) is 2.92. The van der Waals surface area contributed by atoms with Gasteiger partial charge in [0.25, 0.3) is 5.91 Å². The van der Waals surface area contributed by atoms with Crippen LogP contribution in [0.4, 0.5) is 10.5 Å². The summed E-state index contributed by atoms with van der Waals surface area (Å²) >= 11 is 0. The number of ether oxygens (including phenoxy) is 1. The summed E-state index contributed by atoms with van der Waals surface area (Å²) in [6.07, 6.45) is -0.0375. The highest BCUT2D eigenvalue weighted by atomic mass is 32.2. The summed E-state index contributed by atoms with van der Waals surface area (Å²) in [5.74, 6) is -0.101. The van der Waals surface area contributed by atoms with Gasteiger partial charge in [0.15, 0.2) is 0 Å². The van der Waals surface area contributed by atoms with E-state index in [1.807, 2.05) is 13.8 Å². The van der Waals surface area contributed by atoms with Gasteiger partial charge in [0.05, 0.1) is 23.9 Å². The van der Waals surface area contributed by atoms with Gasteiger partial charge in [-0.15, -0.1) is 0 Å². The van der Waals surface area contributed by atoms with E-state index in [2.05, 4.69) is 4.72 Å². The Bertz CT molecular complexity index is 811. The Hall–Kier alpha value is -2.29. The lowest BCUT2D eigenvalue weighted by Crippen LogP contribution is -2.60. The van der Waals surface area contributed by atoms with E-state index >= 15 is 0 Å². The van der Waals surface area contributed by atoms with Crippen molar-refractivity contribution in [1.82, 2.24) is 9.80 Å². The van der Waals surface area contributed by atoms with Crippen molar-refractivity contribution >= 4 is 27.7 Å². The second kappa shape index (κ2) is 9.47. The van der Waals surface area contributed by atoms with Gasteiger partial charge in [-0.25, -0.2) is 13.2 Å². The molecule has 1 saturated heterocycles. The molecule has 0 saturated carbocycles. The molecule has 1 aromatic carbocycles. The van der Waals surface area contributed by atoms with Crippen LogP contribution in [0.1, 0.15) is 51.4 Å². The molecular weight excluding hydrogens is 394 g/mol. The summed E-state index contributed by atoms with van der Waals surface area (Å²) in [6.45, 7) is 10.00. The van der Waals surface area contributed by atoms with Gasteiger partial charge >= 0.3 is 6.09 Å². The number of benzene rings is 1. The van der Waals surface area contributed by atoms with Gasteiger partial charge in [0.1, 0.15) is 0 Å². The molecular formula is C20H31N3O5S. The molecule has 0 bridgehead atoms. The lowest BCUT2D eigenvalue weighted by Gasteiger charge is -2.43. The van der Waals surface area contributed by atoms with Crippen molar-refractivity contribution < 1.29 is 22.7 Å². The first-order valence-corrected chi connectivity index (χ1v) is 11.6. The van der Waals surface area contributed by atoms with Gasteiger partial charge in [-0.1, -0.05) is 6.92 Å². The van der Waals surface area contributed by atoms with Crippen LogP contribution in [-0.4, -0.2) is 67.2 Å². The summed E-state index contributed by atoms with van der Waals surface area (Å²) in [5.41, 5.74) is 0.902. The smallest absolute Gasteiger partial charge is 0.410 e. The van der Waals surface area contributed by atoms with Gasteiger partial charge in [0, 0.05) is 24.3 Å². The van der Waals surface area contributed by atoms with Crippen molar-refractivity contribution in [3.63, 3.8) is 0 Å². The van der Waals surface area contributed by atoms with Crippen LogP contribution in [0.5, 0.6) is 0 Å². The molecule has 0 radical (unpaired) electrons. The van der Waals surface area contributed by atoms with Gasteiger partial charge in [-0.3, -0.25) is 14.4 Å². The number of hydrogen-bond donors (Lipinski definition) is 1. The van der Waals surface area contributed by atoms with E-state index in [0.717, 1.165) is 0 Å². The molecule has 162 valence electrons. The molecule has 1 heterocycles. The number of nitrogens with one attached hydrogen (secondary N) is 1. The van der Waals surface area contributed by atoms with Crippen LogP contribution >= 0.6 is 0 Å². The standard InChI is InChI=1S/C20H31N3O5S/c1-6-11-29(26,27)21-18-9-7-17(8-10-18)19(24)22-12-15(4)23(16(5)13-22)20(25)28-14(2)3/h7-10,14-16,21H,6,11-13H2,1-5H3/t15-,16+. The number of rotatable bonds is 6. The zero-order valence-electron chi connectivity index (χ0n) is 17.7. The zero-order valence-corrected chi connectivity index (χ0v) is 18.5. The minimum Gasteiger partial charge on any atom is -0.447 e. The molecule has 9 heteroatoms. The molecule has 0 aliphatic carbocycles. The van der Waals surface area contributed by atoms with E-state index in [1.54, 1.807) is 54.8 Å². The second-order valence-corrected chi connectivity index (χ2v) is 9.59. The molecule has 8 nitrogen and oxygen atoms in total. The van der Waals surface area contributed by atoms with Crippen molar-refractivity contribution in [3.8, 4) is 0 Å². The van der Waals surface area contributed by atoms with Crippen LogP contribution in [0.15, 0.2) is 24.3 Å². The molecule has 2 atom stereocenters. The third-order valence-electron chi connectivity index (χ3n) is 4.63. The zero-order chi connectivity index (χ0) is 21.8. The molecule has 1 aliphatic rings. The van der Waals surface area contributed by atoms with E-state index in [9.17, 15) is 18.0 Å². The quantitative estimate of drug-likeness (QED) is 0.756. The van der Waals surface area contributed by atoms with Crippen molar-refractivity contribution in [2.24, 2.45) is 0 Å². The van der Waals surface area contributed by atoms with E-state index in [4.69, 9.17) is 4.74 Å². The third kappa shape index (κ3) is 6.09. The Morgan fingerprint density at radius 2 is 1.69 bits per heavy atom. The second-order valence-electron chi connectivity index (χ2n) is 7.75. The van der Waals surface area contributed by atoms with Crippen LogP contribution < -0.4 is 4.72 Å². The molecule has 29 heavy (non-hydrogen) atoms. The largest absolute Gasteiger partial charge is 0.447 e. The highest BCUT2D eigenvalue weighted by molar-refractivity contribution is 7.92. The summed E-state index contributed by atoms with van der Waals surface area (Å²) < 4.78 is 31.5. The molecule has 1 aliphatic heterocycles. The van der Waals surface area contributed by atoms with Crippen molar-refractivity contribution in [1.29, 1.82) is 0 Å². The van der Waals surface area contributed by atoms with Crippen LogP contribution in [0.25, 0.3) is 0 Å². The monoisotopic (exact) mass is 425 g/mol. The average molecular weight is 426 g/mol. The van der Waals surface area contributed by atoms with Crippen molar-refractivity contribution in [2.45, 2.75) is 59.2 Å². The molecule has 0 unspecified atom stereocenters. The van der Waals surface area contributed by atoms with Crippen LogP contribution in [0, 0.1) is 0 Å². The Labute approximate surface area is 173 Å². The number of carbonyl (C=O) groups excluding carboxylic acids is 2. The number of piperazine rings is 1. The first-order chi connectivity index (χ1) is 13.5. The maximum Gasteiger partial charge on any atom is 0.410 e. The van der Waals surface area contributed by atoms with Crippen LogP contribution in [-0.2, 0) is 14.8 Å². The maximum absolute atomic E-state index is 12.9. The van der Waals surface area contributed by atoms with E-state index < -0.39 is 10.0 Å². The van der Waals surface area contributed by atoms with E-state index in [-0.39, 0.29) is 35.9 Å². The summed E-state index contributed by atoms with van der Waals surface area (Å²) in [7, 11) is -3.37. The Kier molecular flexibility index (Phi) is 7.51. The summed E-state index contributed by atoms with van der Waals surface area (Å²) in [5, 5.41) is 0. The highest BCUT2D eigenvalue weighted by Gasteiger charge is 2.36. The topological polar surface area (TPSA) is 96.0 Å². The molecule has 1 fully saturated rings. The van der Waals surface area contributed by atoms with Crippen LogP contribution in [0.3, 0.4) is 0 Å². The Morgan fingerprint density at radius 3 is 2.17 bits per heavy atom. The number of sulfonamides is 1. The van der Waals surface area contributed by atoms with Crippen LogP contribution in [0.2, 0.25) is 0 Å². The number of hydrogen-bond acceptors (Lipinski definition) is 5. The molecule has 0 aromatic heterocycles. The Morgan fingerprint density at radius 1 is 1.14 bits per heavy atom. The fraction of sp³-hybridized carbons (Fsp3) is 0.600. The minimum absolute atomic E-state index is 0.0486. The van der Waals surface area contributed by atoms with E-state index in [1.165, 1.54) is 0 Å². The van der Waals surface area contributed by atoms with Gasteiger partial charge < -0.3 is 9.64 Å². The van der Waals surface area contributed by atoms with Gasteiger partial charge in [-0.2, -0.15) is 0 Å². The van der Waals surface area contributed by atoms with Crippen molar-refractivity contribution in [2.75, 3.05) is 23.6 Å². The first kappa shape index (κ1) is 23.0. The predicted molar refractivity (Wildman–Crippen MR) is 112 cm³/mol. The SMILES string of the molecule is CCCS(=O)(=O)Nc1ccc(C(=O)N2C[C@@H](C)N(C(=O)OC(C)C)[C@@H](C)C2)cc1. The number of anilines is 1. The number of carbonyl (C=O) groups is 2. The summed E-state index contributed by atoms with van der Waals surface area (Å²) in [6, 6.07) is 6.05. The summed E-state index contributed by atoms with van der Waals surface area (Å²) in [4.78, 5) is 28.6. The lowest BCUT2D eigenvalue weighted by atomic mass is 10.1. The third-order valence-corrected chi connectivity index (χ3v) is 6.12. The molecule has 2 rings (SSSR count). The molecule has 0 spiro atoms. The minimum atomic E-state index is -3.37. The number of nitrogens with zero attached hydrogens (tertiary/aromatic N) is 2. The lowest BCUT2D eigenvalue weighted by molar-refractivity contribution is 0.0124. The first-order valence-electron chi connectivity index (χ1n) is 9.92. The maximum atomic E-state index is 12.9. The fourth-order valence-corrected chi connectivity index (χ4v) is 4.61. The van der Waals surface area contributed by atoms with E-state index in [0.29, 0.717) is 30.8 Å². The molecule has 1 aromatic rings. The molecule has 1 N–H and O–H groups in total. The van der Waals surface area contributed by atoms with Crippen molar-refractivity contribution in [3.05, 3.63) is 29.8 Å². The average Bonchev–Trinajstić information content (AvgIpc) is 2.60. The normalized spacial score (nSPS) is 19.9. The highest BCUT2D eigenvalue weighted by Crippen LogP contribution is 2.20. The van der Waals surface area contributed by atoms with Gasteiger partial charge in [-0.05, 0) is 58.4 Å². The van der Waals surface area contributed by atoms with Gasteiger partial charge in [0.2, 0.25) is 10.0 Å².